The molecule has 0 aliphatic carbocycles. The van der Waals surface area contributed by atoms with Crippen LogP contribution in [0.1, 0.15) is 5.56 Å². The lowest BCUT2D eigenvalue weighted by Crippen LogP contribution is -2.29. The third-order valence-corrected chi connectivity index (χ3v) is 3.64. The first-order valence-corrected chi connectivity index (χ1v) is 6.92. The number of aromatic hydroxyl groups is 1. The van der Waals surface area contributed by atoms with E-state index in [1.807, 2.05) is 6.92 Å². The summed E-state index contributed by atoms with van der Waals surface area (Å²) in [6.07, 6.45) is 0. The zero-order valence-corrected chi connectivity index (χ0v) is 12.8. The summed E-state index contributed by atoms with van der Waals surface area (Å²) in [6.45, 7) is 1.89. The van der Waals surface area contributed by atoms with Crippen LogP contribution < -0.4 is 10.6 Å². The molecule has 0 unspecified atom stereocenters. The third-order valence-electron chi connectivity index (χ3n) is 2.75. The second kappa shape index (κ2) is 6.41. The molecule has 5 nitrogen and oxygen atoms in total. The molecule has 0 aliphatic rings. The number of nitrogens with one attached hydrogen (secondary N) is 2. The Bertz CT molecular complexity index is 684. The van der Waals surface area contributed by atoms with E-state index in [-0.39, 0.29) is 5.75 Å². The molecule has 0 aromatic heterocycles. The first-order valence-electron chi connectivity index (χ1n) is 6.13. The Morgan fingerprint density at radius 2 is 1.48 bits per heavy atom. The Morgan fingerprint density at radius 1 is 0.952 bits per heavy atom. The number of hydrogen-bond acceptors (Lipinski definition) is 3. The van der Waals surface area contributed by atoms with Gasteiger partial charge in [-0.05, 0) is 55.0 Å². The van der Waals surface area contributed by atoms with Crippen molar-refractivity contribution in [3.63, 3.8) is 0 Å². The van der Waals surface area contributed by atoms with E-state index in [4.69, 9.17) is 5.11 Å². The molecule has 0 atom stereocenters. The van der Waals surface area contributed by atoms with Gasteiger partial charge in [-0.2, -0.15) is 0 Å². The van der Waals surface area contributed by atoms with Crippen LogP contribution in [0.2, 0.25) is 0 Å². The Balaban J connectivity index is 2.00. The number of anilines is 2. The Labute approximate surface area is 130 Å². The number of rotatable bonds is 2. The van der Waals surface area contributed by atoms with E-state index < -0.39 is 11.8 Å². The molecular weight excluding hydrogens is 336 g/mol. The predicted molar refractivity (Wildman–Crippen MR) is 84.2 cm³/mol. The van der Waals surface area contributed by atoms with Crippen molar-refractivity contribution in [2.24, 2.45) is 0 Å². The largest absolute Gasteiger partial charge is 0.508 e. The number of hydrogen-bond donors (Lipinski definition) is 3. The fourth-order valence-corrected chi connectivity index (χ4v) is 1.89. The van der Waals surface area contributed by atoms with Gasteiger partial charge in [0.15, 0.2) is 0 Å². The smallest absolute Gasteiger partial charge is 0.314 e. The minimum Gasteiger partial charge on any atom is -0.508 e. The van der Waals surface area contributed by atoms with Crippen molar-refractivity contribution in [3.05, 3.63) is 52.5 Å². The maximum absolute atomic E-state index is 11.8. The molecule has 0 spiro atoms. The van der Waals surface area contributed by atoms with Gasteiger partial charge in [0, 0.05) is 15.8 Å². The zero-order valence-electron chi connectivity index (χ0n) is 11.2. The molecule has 0 heterocycles. The van der Waals surface area contributed by atoms with Crippen LogP contribution in [0.5, 0.6) is 5.75 Å². The van der Waals surface area contributed by atoms with Crippen molar-refractivity contribution in [1.82, 2.24) is 0 Å². The standard InChI is InChI=1S/C15H13BrN2O3/c1-9-8-11(4-7-13(9)16)18-15(21)14(20)17-10-2-5-12(19)6-3-10/h2-8,19H,1H3,(H,17,20)(H,18,21). The van der Waals surface area contributed by atoms with Gasteiger partial charge in [-0.1, -0.05) is 15.9 Å². The van der Waals surface area contributed by atoms with Gasteiger partial charge in [0.25, 0.3) is 0 Å². The molecule has 3 N–H and O–H groups in total. The first-order chi connectivity index (χ1) is 9.95. The minimum atomic E-state index is -0.777. The van der Waals surface area contributed by atoms with Crippen LogP contribution in [-0.2, 0) is 9.59 Å². The predicted octanol–water partition coefficient (Wildman–Crippen LogP) is 3.04. The summed E-state index contributed by atoms with van der Waals surface area (Å²) in [5, 5.41) is 14.1. The second-order valence-corrected chi connectivity index (χ2v) is 5.27. The average molecular weight is 349 g/mol. The molecular formula is C15H13BrN2O3. The van der Waals surface area contributed by atoms with Crippen molar-refractivity contribution in [2.45, 2.75) is 6.92 Å². The molecule has 0 aliphatic heterocycles. The van der Waals surface area contributed by atoms with Gasteiger partial charge in [-0.25, -0.2) is 0 Å². The lowest BCUT2D eigenvalue weighted by molar-refractivity contribution is -0.132. The summed E-state index contributed by atoms with van der Waals surface area (Å²) in [7, 11) is 0. The number of carbonyl (C=O) groups is 2. The van der Waals surface area contributed by atoms with Gasteiger partial charge in [-0.15, -0.1) is 0 Å². The molecule has 108 valence electrons. The number of aryl methyl sites for hydroxylation is 1. The van der Waals surface area contributed by atoms with E-state index in [0.29, 0.717) is 11.4 Å². The lowest BCUT2D eigenvalue weighted by atomic mass is 10.2. The van der Waals surface area contributed by atoms with Crippen LogP contribution in [0.3, 0.4) is 0 Å². The quantitative estimate of drug-likeness (QED) is 0.576. The highest BCUT2D eigenvalue weighted by molar-refractivity contribution is 9.10. The van der Waals surface area contributed by atoms with E-state index in [9.17, 15) is 9.59 Å². The number of carbonyl (C=O) groups excluding carboxylic acids is 2. The summed E-state index contributed by atoms with van der Waals surface area (Å²) < 4.78 is 0.925. The van der Waals surface area contributed by atoms with E-state index in [1.54, 1.807) is 18.2 Å². The number of amides is 2. The summed E-state index contributed by atoms with van der Waals surface area (Å²) >= 11 is 3.36. The lowest BCUT2D eigenvalue weighted by Gasteiger charge is -2.08. The second-order valence-electron chi connectivity index (χ2n) is 4.42. The van der Waals surface area contributed by atoms with E-state index in [1.165, 1.54) is 24.3 Å². The molecule has 0 saturated carbocycles. The summed E-state index contributed by atoms with van der Waals surface area (Å²) in [5.41, 5.74) is 1.92. The highest BCUT2D eigenvalue weighted by Gasteiger charge is 2.14. The molecule has 0 fully saturated rings. The number of phenolic OH excluding ortho intramolecular Hbond substituents is 1. The van der Waals surface area contributed by atoms with Gasteiger partial charge >= 0.3 is 11.8 Å². The Kier molecular flexibility index (Phi) is 4.59. The van der Waals surface area contributed by atoms with Crippen molar-refractivity contribution in [2.75, 3.05) is 10.6 Å². The van der Waals surface area contributed by atoms with Gasteiger partial charge in [0.1, 0.15) is 5.75 Å². The summed E-state index contributed by atoms with van der Waals surface area (Å²) in [4.78, 5) is 23.6. The van der Waals surface area contributed by atoms with Gasteiger partial charge in [0.05, 0.1) is 0 Å². The highest BCUT2D eigenvalue weighted by atomic mass is 79.9. The molecule has 0 saturated heterocycles. The number of phenols is 1. The van der Waals surface area contributed by atoms with Crippen molar-refractivity contribution >= 4 is 39.1 Å². The molecule has 0 radical (unpaired) electrons. The summed E-state index contributed by atoms with van der Waals surface area (Å²) in [6, 6.07) is 11.1. The van der Waals surface area contributed by atoms with Crippen LogP contribution >= 0.6 is 15.9 Å². The molecule has 2 rings (SSSR count). The third kappa shape index (κ3) is 4.06. The van der Waals surface area contributed by atoms with Crippen LogP contribution in [-0.4, -0.2) is 16.9 Å². The van der Waals surface area contributed by atoms with Gasteiger partial charge in [0.2, 0.25) is 0 Å². The molecule has 2 aromatic carbocycles. The zero-order chi connectivity index (χ0) is 15.4. The SMILES string of the molecule is Cc1cc(NC(=O)C(=O)Nc2ccc(O)cc2)ccc1Br. The highest BCUT2D eigenvalue weighted by Crippen LogP contribution is 2.20. The van der Waals surface area contributed by atoms with Gasteiger partial charge in [-0.3, -0.25) is 9.59 Å². The van der Waals surface area contributed by atoms with E-state index in [2.05, 4.69) is 26.6 Å². The Morgan fingerprint density at radius 3 is 2.05 bits per heavy atom. The molecule has 6 heteroatoms. The monoisotopic (exact) mass is 348 g/mol. The molecule has 21 heavy (non-hydrogen) atoms. The summed E-state index contributed by atoms with van der Waals surface area (Å²) in [5.74, 6) is -1.45. The number of benzene rings is 2. The number of halogens is 1. The maximum atomic E-state index is 11.8. The van der Waals surface area contributed by atoms with E-state index >= 15 is 0 Å². The molecule has 0 bridgehead atoms. The topological polar surface area (TPSA) is 78.4 Å². The van der Waals surface area contributed by atoms with E-state index in [0.717, 1.165) is 10.0 Å². The average Bonchev–Trinajstić information content (AvgIpc) is 2.45. The fraction of sp³-hybridized carbons (Fsp3) is 0.0667. The van der Waals surface area contributed by atoms with Crippen LogP contribution in [0.15, 0.2) is 46.9 Å². The van der Waals surface area contributed by atoms with Crippen molar-refractivity contribution in [1.29, 1.82) is 0 Å². The fourth-order valence-electron chi connectivity index (χ4n) is 1.64. The van der Waals surface area contributed by atoms with Crippen LogP contribution in [0.4, 0.5) is 11.4 Å². The first kappa shape index (κ1) is 15.1. The van der Waals surface area contributed by atoms with Crippen molar-refractivity contribution in [3.8, 4) is 5.75 Å². The minimum absolute atomic E-state index is 0.0859. The normalized spacial score (nSPS) is 10.0. The van der Waals surface area contributed by atoms with Crippen LogP contribution in [0.25, 0.3) is 0 Å². The molecule has 2 amide bonds. The molecule has 2 aromatic rings. The maximum Gasteiger partial charge on any atom is 0.314 e. The Hall–Kier alpha value is -2.34. The van der Waals surface area contributed by atoms with Crippen LogP contribution in [0, 0.1) is 6.92 Å². The van der Waals surface area contributed by atoms with Crippen molar-refractivity contribution < 1.29 is 14.7 Å². The van der Waals surface area contributed by atoms with Gasteiger partial charge < -0.3 is 15.7 Å².